The molecule has 1 aliphatic rings. The van der Waals surface area contributed by atoms with Crippen LogP contribution in [0.3, 0.4) is 0 Å². The smallest absolute Gasteiger partial charge is 0.262 e. The molecule has 7 heteroatoms. The van der Waals surface area contributed by atoms with Gasteiger partial charge in [-0.3, -0.25) is 4.84 Å². The zero-order valence-electron chi connectivity index (χ0n) is 9.53. The van der Waals surface area contributed by atoms with Crippen LogP contribution in [0.15, 0.2) is 23.1 Å². The van der Waals surface area contributed by atoms with Gasteiger partial charge in [-0.05, 0) is 31.0 Å². The van der Waals surface area contributed by atoms with E-state index in [-0.39, 0.29) is 16.0 Å². The standard InChI is InChI=1S/C11H13ClFNO3S/c12-10-7-9(5-6-11(10)13)18(15,16)14-17-8-3-1-2-4-8/h5-8,14H,1-4H2. The van der Waals surface area contributed by atoms with Gasteiger partial charge in [-0.2, -0.15) is 0 Å². The highest BCUT2D eigenvalue weighted by Gasteiger charge is 2.21. The van der Waals surface area contributed by atoms with Crippen molar-refractivity contribution >= 4 is 21.6 Å². The topological polar surface area (TPSA) is 55.4 Å². The molecule has 4 nitrogen and oxygen atoms in total. The lowest BCUT2D eigenvalue weighted by atomic mass is 10.3. The van der Waals surface area contributed by atoms with Crippen LogP contribution in [0.5, 0.6) is 0 Å². The minimum atomic E-state index is -3.81. The molecule has 0 unspecified atom stereocenters. The molecule has 1 aromatic carbocycles. The Morgan fingerprint density at radius 2 is 2.00 bits per heavy atom. The predicted molar refractivity (Wildman–Crippen MR) is 65.1 cm³/mol. The summed E-state index contributed by atoms with van der Waals surface area (Å²) in [5.41, 5.74) is 0. The normalized spacial score (nSPS) is 17.2. The third-order valence-corrected chi connectivity index (χ3v) is 4.31. The maximum Gasteiger partial charge on any atom is 0.262 e. The maximum absolute atomic E-state index is 12.9. The molecule has 0 amide bonds. The molecule has 0 bridgehead atoms. The molecule has 0 atom stereocenters. The number of nitrogens with one attached hydrogen (secondary N) is 1. The first-order valence-corrected chi connectivity index (χ1v) is 7.48. The van der Waals surface area contributed by atoms with Gasteiger partial charge in [-0.25, -0.2) is 12.8 Å². The number of benzene rings is 1. The zero-order chi connectivity index (χ0) is 13.2. The summed E-state index contributed by atoms with van der Waals surface area (Å²) in [7, 11) is -3.81. The van der Waals surface area contributed by atoms with E-state index in [9.17, 15) is 12.8 Å². The summed E-state index contributed by atoms with van der Waals surface area (Å²) in [6, 6.07) is 3.20. The average Bonchev–Trinajstić information content (AvgIpc) is 2.83. The van der Waals surface area contributed by atoms with E-state index in [1.54, 1.807) is 0 Å². The molecule has 0 saturated heterocycles. The van der Waals surface area contributed by atoms with Gasteiger partial charge in [-0.1, -0.05) is 29.3 Å². The maximum atomic E-state index is 12.9. The fraction of sp³-hybridized carbons (Fsp3) is 0.455. The van der Waals surface area contributed by atoms with Crippen LogP contribution in [0, 0.1) is 5.82 Å². The Hall–Kier alpha value is -0.690. The summed E-state index contributed by atoms with van der Waals surface area (Å²) >= 11 is 5.54. The van der Waals surface area contributed by atoms with Gasteiger partial charge < -0.3 is 0 Å². The third kappa shape index (κ3) is 3.20. The van der Waals surface area contributed by atoms with E-state index in [2.05, 4.69) is 4.89 Å². The first-order valence-electron chi connectivity index (χ1n) is 5.61. The van der Waals surface area contributed by atoms with Crippen molar-refractivity contribution in [1.82, 2.24) is 4.89 Å². The minimum Gasteiger partial charge on any atom is -0.284 e. The summed E-state index contributed by atoms with van der Waals surface area (Å²) in [6.07, 6.45) is 3.67. The Morgan fingerprint density at radius 1 is 1.33 bits per heavy atom. The number of sulfonamides is 1. The van der Waals surface area contributed by atoms with E-state index in [1.807, 2.05) is 0 Å². The fourth-order valence-corrected chi connectivity index (χ4v) is 2.95. The Bertz CT molecular complexity index is 529. The van der Waals surface area contributed by atoms with Crippen LogP contribution in [0.25, 0.3) is 0 Å². The molecular weight excluding hydrogens is 281 g/mol. The van der Waals surface area contributed by atoms with Crippen molar-refractivity contribution in [2.75, 3.05) is 0 Å². The van der Waals surface area contributed by atoms with Crippen molar-refractivity contribution in [3.63, 3.8) is 0 Å². The predicted octanol–water partition coefficient (Wildman–Crippen LogP) is 2.63. The van der Waals surface area contributed by atoms with E-state index < -0.39 is 15.8 Å². The van der Waals surface area contributed by atoms with E-state index in [4.69, 9.17) is 16.4 Å². The van der Waals surface area contributed by atoms with Gasteiger partial charge in [-0.15, -0.1) is 0 Å². The van der Waals surface area contributed by atoms with E-state index in [1.165, 1.54) is 0 Å². The monoisotopic (exact) mass is 293 g/mol. The van der Waals surface area contributed by atoms with E-state index in [0.717, 1.165) is 43.9 Å². The number of hydrogen-bond donors (Lipinski definition) is 1. The summed E-state index contributed by atoms with van der Waals surface area (Å²) in [5.74, 6) is -0.660. The Morgan fingerprint density at radius 3 is 2.61 bits per heavy atom. The van der Waals surface area contributed by atoms with Crippen LogP contribution in [-0.4, -0.2) is 14.5 Å². The number of halogens is 2. The van der Waals surface area contributed by atoms with Gasteiger partial charge in [0.1, 0.15) is 5.82 Å². The molecule has 0 aliphatic heterocycles. The second-order valence-corrected chi connectivity index (χ2v) is 6.24. The van der Waals surface area contributed by atoms with Gasteiger partial charge in [0.05, 0.1) is 16.0 Å². The van der Waals surface area contributed by atoms with Gasteiger partial charge >= 0.3 is 0 Å². The molecule has 0 heterocycles. The number of rotatable bonds is 4. The van der Waals surface area contributed by atoms with Crippen molar-refractivity contribution in [2.45, 2.75) is 36.7 Å². The molecule has 1 fully saturated rings. The highest BCUT2D eigenvalue weighted by atomic mass is 35.5. The quantitative estimate of drug-likeness (QED) is 0.868. The molecule has 1 aromatic rings. The van der Waals surface area contributed by atoms with Crippen LogP contribution < -0.4 is 4.89 Å². The molecule has 0 radical (unpaired) electrons. The second kappa shape index (κ2) is 5.52. The van der Waals surface area contributed by atoms with Crippen molar-refractivity contribution < 1.29 is 17.6 Å². The Balaban J connectivity index is 2.07. The van der Waals surface area contributed by atoms with Crippen molar-refractivity contribution in [3.8, 4) is 0 Å². The third-order valence-electron chi connectivity index (χ3n) is 2.83. The highest BCUT2D eigenvalue weighted by molar-refractivity contribution is 7.89. The van der Waals surface area contributed by atoms with Crippen molar-refractivity contribution in [3.05, 3.63) is 29.0 Å². The van der Waals surface area contributed by atoms with Gasteiger partial charge in [0.2, 0.25) is 0 Å². The summed E-state index contributed by atoms with van der Waals surface area (Å²) < 4.78 is 36.6. The molecule has 18 heavy (non-hydrogen) atoms. The first-order chi connectivity index (χ1) is 8.49. The van der Waals surface area contributed by atoms with Crippen LogP contribution in [-0.2, 0) is 14.9 Å². The Labute approximate surface area is 110 Å². The zero-order valence-corrected chi connectivity index (χ0v) is 11.1. The summed E-state index contributed by atoms with van der Waals surface area (Å²) in [6.45, 7) is 0. The molecule has 0 aromatic heterocycles. The fourth-order valence-electron chi connectivity index (χ4n) is 1.83. The minimum absolute atomic E-state index is 0.0873. The largest absolute Gasteiger partial charge is 0.284 e. The van der Waals surface area contributed by atoms with Gasteiger partial charge in [0, 0.05) is 0 Å². The first kappa shape index (κ1) is 13.7. The lowest BCUT2D eigenvalue weighted by molar-refractivity contribution is 0.0223. The van der Waals surface area contributed by atoms with Crippen LogP contribution in [0.4, 0.5) is 4.39 Å². The number of hydrogen-bond acceptors (Lipinski definition) is 3. The summed E-state index contributed by atoms with van der Waals surface area (Å²) in [5, 5.41) is -0.237. The van der Waals surface area contributed by atoms with Crippen LogP contribution in [0.1, 0.15) is 25.7 Å². The molecule has 1 saturated carbocycles. The lowest BCUT2D eigenvalue weighted by Crippen LogP contribution is -2.28. The Kier molecular flexibility index (Phi) is 4.21. The molecule has 1 aliphatic carbocycles. The second-order valence-electron chi connectivity index (χ2n) is 4.19. The van der Waals surface area contributed by atoms with Crippen LogP contribution >= 0.6 is 11.6 Å². The molecule has 1 N–H and O–H groups in total. The van der Waals surface area contributed by atoms with Gasteiger partial charge in [0.25, 0.3) is 10.0 Å². The molecule has 0 spiro atoms. The SMILES string of the molecule is O=S(=O)(NOC1CCCC1)c1ccc(F)c(Cl)c1. The van der Waals surface area contributed by atoms with E-state index in [0.29, 0.717) is 0 Å². The molecular formula is C11H13ClFNO3S. The summed E-state index contributed by atoms with van der Waals surface area (Å²) in [4.78, 5) is 7.05. The van der Waals surface area contributed by atoms with E-state index >= 15 is 0 Å². The van der Waals surface area contributed by atoms with Crippen molar-refractivity contribution in [1.29, 1.82) is 0 Å². The van der Waals surface area contributed by atoms with Crippen LogP contribution in [0.2, 0.25) is 5.02 Å². The average molecular weight is 294 g/mol. The molecule has 100 valence electrons. The highest BCUT2D eigenvalue weighted by Crippen LogP contribution is 2.22. The molecule has 2 rings (SSSR count). The van der Waals surface area contributed by atoms with Crippen molar-refractivity contribution in [2.24, 2.45) is 0 Å². The van der Waals surface area contributed by atoms with Gasteiger partial charge in [0.15, 0.2) is 0 Å². The lowest BCUT2D eigenvalue weighted by Gasteiger charge is -2.12.